The Hall–Kier alpha value is -0.830. The van der Waals surface area contributed by atoms with Crippen LogP contribution in [0.1, 0.15) is 26.2 Å². The summed E-state index contributed by atoms with van der Waals surface area (Å²) in [5.74, 6) is 0.299. The third-order valence-electron chi connectivity index (χ3n) is 2.50. The summed E-state index contributed by atoms with van der Waals surface area (Å²) in [7, 11) is 1.91. The molecule has 3 heteroatoms. The predicted octanol–water partition coefficient (Wildman–Crippen LogP) is 1.16. The van der Waals surface area contributed by atoms with Crippen molar-refractivity contribution >= 4 is 5.91 Å². The Kier molecular flexibility index (Phi) is 4.66. The van der Waals surface area contributed by atoms with Crippen molar-refractivity contribution in [1.82, 2.24) is 10.2 Å². The molecule has 0 fully saturated rings. The van der Waals surface area contributed by atoms with Crippen LogP contribution in [0.25, 0.3) is 0 Å². The minimum atomic E-state index is 0.299. The molecule has 1 aliphatic heterocycles. The zero-order chi connectivity index (χ0) is 10.4. The first-order valence-electron chi connectivity index (χ1n) is 5.32. The number of carbonyl (C=O) groups is 1. The molecular weight excluding hydrogens is 176 g/mol. The SMILES string of the molecule is CNCCCC(=O)N1CCC=C(C)C1. The second kappa shape index (κ2) is 5.81. The van der Waals surface area contributed by atoms with E-state index in [0.717, 1.165) is 32.5 Å². The average Bonchev–Trinajstić information content (AvgIpc) is 2.18. The van der Waals surface area contributed by atoms with Crippen LogP contribution in [0.4, 0.5) is 0 Å². The number of amides is 1. The van der Waals surface area contributed by atoms with E-state index in [1.54, 1.807) is 0 Å². The lowest BCUT2D eigenvalue weighted by molar-refractivity contribution is -0.131. The molecule has 0 saturated carbocycles. The molecule has 0 aliphatic carbocycles. The Bertz CT molecular complexity index is 223. The molecule has 80 valence electrons. The summed E-state index contributed by atoms with van der Waals surface area (Å²) >= 11 is 0. The molecule has 1 amide bonds. The predicted molar refractivity (Wildman–Crippen MR) is 58.1 cm³/mol. The van der Waals surface area contributed by atoms with Gasteiger partial charge in [-0.3, -0.25) is 4.79 Å². The maximum Gasteiger partial charge on any atom is 0.222 e. The van der Waals surface area contributed by atoms with Crippen molar-refractivity contribution in [3.8, 4) is 0 Å². The molecule has 0 atom stereocenters. The first kappa shape index (κ1) is 11.2. The van der Waals surface area contributed by atoms with Gasteiger partial charge in [-0.25, -0.2) is 0 Å². The minimum Gasteiger partial charge on any atom is -0.338 e. The van der Waals surface area contributed by atoms with E-state index < -0.39 is 0 Å². The standard InChI is InChI=1S/C11H20N2O/c1-10-5-4-8-13(9-10)11(14)6-3-7-12-2/h5,12H,3-4,6-9H2,1-2H3. The number of nitrogens with zero attached hydrogens (tertiary/aromatic N) is 1. The van der Waals surface area contributed by atoms with E-state index in [-0.39, 0.29) is 0 Å². The van der Waals surface area contributed by atoms with E-state index in [2.05, 4.69) is 18.3 Å². The molecule has 0 bridgehead atoms. The molecule has 3 nitrogen and oxygen atoms in total. The summed E-state index contributed by atoms with van der Waals surface area (Å²) in [5, 5.41) is 3.05. The van der Waals surface area contributed by atoms with Crippen LogP contribution in [0.2, 0.25) is 0 Å². The maximum absolute atomic E-state index is 11.7. The van der Waals surface area contributed by atoms with Crippen molar-refractivity contribution in [3.05, 3.63) is 11.6 Å². The van der Waals surface area contributed by atoms with Gasteiger partial charge in [0.2, 0.25) is 5.91 Å². The molecule has 0 aromatic rings. The zero-order valence-electron chi connectivity index (χ0n) is 9.18. The number of hydrogen-bond acceptors (Lipinski definition) is 2. The van der Waals surface area contributed by atoms with E-state index >= 15 is 0 Å². The van der Waals surface area contributed by atoms with E-state index in [1.165, 1.54) is 5.57 Å². The van der Waals surface area contributed by atoms with Crippen LogP contribution in [0.15, 0.2) is 11.6 Å². The lowest BCUT2D eigenvalue weighted by atomic mass is 10.1. The fourth-order valence-electron chi connectivity index (χ4n) is 1.70. The second-order valence-corrected chi connectivity index (χ2v) is 3.86. The van der Waals surface area contributed by atoms with Crippen molar-refractivity contribution in [2.45, 2.75) is 26.2 Å². The van der Waals surface area contributed by atoms with Gasteiger partial charge in [0.05, 0.1) is 0 Å². The van der Waals surface area contributed by atoms with Crippen molar-refractivity contribution in [2.75, 3.05) is 26.7 Å². The van der Waals surface area contributed by atoms with E-state index in [1.807, 2.05) is 11.9 Å². The third-order valence-corrected chi connectivity index (χ3v) is 2.50. The fourth-order valence-corrected chi connectivity index (χ4v) is 1.70. The highest BCUT2D eigenvalue weighted by molar-refractivity contribution is 5.76. The first-order chi connectivity index (χ1) is 6.74. The van der Waals surface area contributed by atoms with Crippen LogP contribution in [-0.4, -0.2) is 37.5 Å². The molecule has 0 radical (unpaired) electrons. The van der Waals surface area contributed by atoms with Gasteiger partial charge in [-0.05, 0) is 33.4 Å². The summed E-state index contributed by atoms with van der Waals surface area (Å²) in [5.41, 5.74) is 1.32. The summed E-state index contributed by atoms with van der Waals surface area (Å²) in [4.78, 5) is 13.7. The zero-order valence-corrected chi connectivity index (χ0v) is 9.18. The normalized spacial score (nSPS) is 16.7. The highest BCUT2D eigenvalue weighted by Crippen LogP contribution is 2.10. The van der Waals surface area contributed by atoms with Crippen molar-refractivity contribution in [3.63, 3.8) is 0 Å². The Morgan fingerprint density at radius 1 is 1.64 bits per heavy atom. The molecule has 1 rings (SSSR count). The molecular formula is C11H20N2O. The molecule has 0 unspecified atom stereocenters. The molecule has 0 saturated heterocycles. The quantitative estimate of drug-likeness (QED) is 0.540. The van der Waals surface area contributed by atoms with Gasteiger partial charge in [-0.2, -0.15) is 0 Å². The smallest absolute Gasteiger partial charge is 0.222 e. The van der Waals surface area contributed by atoms with Crippen LogP contribution in [0.3, 0.4) is 0 Å². The van der Waals surface area contributed by atoms with E-state index in [0.29, 0.717) is 12.3 Å². The lowest BCUT2D eigenvalue weighted by Gasteiger charge is -2.26. The van der Waals surface area contributed by atoms with Gasteiger partial charge >= 0.3 is 0 Å². The van der Waals surface area contributed by atoms with Gasteiger partial charge < -0.3 is 10.2 Å². The summed E-state index contributed by atoms with van der Waals surface area (Å²) < 4.78 is 0. The largest absolute Gasteiger partial charge is 0.338 e. The highest BCUT2D eigenvalue weighted by atomic mass is 16.2. The molecule has 1 aliphatic rings. The van der Waals surface area contributed by atoms with Crippen molar-refractivity contribution < 1.29 is 4.79 Å². The topological polar surface area (TPSA) is 32.3 Å². The Morgan fingerprint density at radius 2 is 2.43 bits per heavy atom. The van der Waals surface area contributed by atoms with Gasteiger partial charge in [0, 0.05) is 19.5 Å². The molecule has 1 N–H and O–H groups in total. The van der Waals surface area contributed by atoms with Gasteiger partial charge in [-0.1, -0.05) is 11.6 Å². The number of rotatable bonds is 4. The molecule has 0 aromatic carbocycles. The minimum absolute atomic E-state index is 0.299. The first-order valence-corrected chi connectivity index (χ1v) is 5.32. The Morgan fingerprint density at radius 3 is 3.07 bits per heavy atom. The summed E-state index contributed by atoms with van der Waals surface area (Å²) in [6.07, 6.45) is 4.85. The fraction of sp³-hybridized carbons (Fsp3) is 0.727. The van der Waals surface area contributed by atoms with Gasteiger partial charge in [0.1, 0.15) is 0 Å². The van der Waals surface area contributed by atoms with Crippen LogP contribution in [0.5, 0.6) is 0 Å². The van der Waals surface area contributed by atoms with Gasteiger partial charge in [0.25, 0.3) is 0 Å². The maximum atomic E-state index is 11.7. The monoisotopic (exact) mass is 196 g/mol. The third kappa shape index (κ3) is 3.50. The highest BCUT2D eigenvalue weighted by Gasteiger charge is 2.15. The van der Waals surface area contributed by atoms with E-state index in [9.17, 15) is 4.79 Å². The summed E-state index contributed by atoms with van der Waals surface area (Å²) in [6, 6.07) is 0. The Labute approximate surface area is 86.2 Å². The van der Waals surface area contributed by atoms with Crippen LogP contribution >= 0.6 is 0 Å². The molecule has 14 heavy (non-hydrogen) atoms. The van der Waals surface area contributed by atoms with Crippen LogP contribution < -0.4 is 5.32 Å². The van der Waals surface area contributed by atoms with Gasteiger partial charge in [-0.15, -0.1) is 0 Å². The molecule has 0 spiro atoms. The van der Waals surface area contributed by atoms with Crippen molar-refractivity contribution in [2.24, 2.45) is 0 Å². The van der Waals surface area contributed by atoms with Crippen LogP contribution in [-0.2, 0) is 4.79 Å². The molecule has 0 aromatic heterocycles. The second-order valence-electron chi connectivity index (χ2n) is 3.86. The lowest BCUT2D eigenvalue weighted by Crippen LogP contribution is -2.35. The number of nitrogens with one attached hydrogen (secondary N) is 1. The number of hydrogen-bond donors (Lipinski definition) is 1. The summed E-state index contributed by atoms with van der Waals surface area (Å²) in [6.45, 7) is 4.75. The molecule has 1 heterocycles. The van der Waals surface area contributed by atoms with E-state index in [4.69, 9.17) is 0 Å². The average molecular weight is 196 g/mol. The van der Waals surface area contributed by atoms with Crippen molar-refractivity contribution in [1.29, 1.82) is 0 Å². The van der Waals surface area contributed by atoms with Crippen LogP contribution in [0, 0.1) is 0 Å². The Balaban J connectivity index is 2.27. The van der Waals surface area contributed by atoms with Gasteiger partial charge in [0.15, 0.2) is 0 Å². The number of carbonyl (C=O) groups excluding carboxylic acids is 1.